The van der Waals surface area contributed by atoms with Gasteiger partial charge in [0.15, 0.2) is 0 Å². The van der Waals surface area contributed by atoms with E-state index in [0.717, 1.165) is 43.6 Å². The Kier molecular flexibility index (Phi) is 8.22. The lowest BCUT2D eigenvalue weighted by molar-refractivity contribution is -0.121. The lowest BCUT2D eigenvalue weighted by atomic mass is 10.2. The van der Waals surface area contributed by atoms with Crippen molar-refractivity contribution < 1.29 is 13.2 Å². The lowest BCUT2D eigenvalue weighted by Gasteiger charge is -2.13. The fourth-order valence-corrected chi connectivity index (χ4v) is 4.29. The highest BCUT2D eigenvalue weighted by atomic mass is 32.2. The van der Waals surface area contributed by atoms with Crippen molar-refractivity contribution in [2.24, 2.45) is 0 Å². The van der Waals surface area contributed by atoms with Gasteiger partial charge in [0, 0.05) is 39.5 Å². The van der Waals surface area contributed by atoms with Crippen molar-refractivity contribution in [2.75, 3.05) is 14.1 Å². The highest BCUT2D eigenvalue weighted by Crippen LogP contribution is 2.23. The number of imidazole rings is 1. The lowest BCUT2D eigenvalue weighted by Crippen LogP contribution is -2.32. The summed E-state index contributed by atoms with van der Waals surface area (Å²) < 4.78 is 28.2. The van der Waals surface area contributed by atoms with Gasteiger partial charge in [0.25, 0.3) is 0 Å². The van der Waals surface area contributed by atoms with Gasteiger partial charge in [0.05, 0.1) is 15.9 Å². The minimum absolute atomic E-state index is 0.0240. The van der Waals surface area contributed by atoms with E-state index in [9.17, 15) is 13.2 Å². The molecule has 1 aromatic heterocycles. The van der Waals surface area contributed by atoms with Crippen LogP contribution in [-0.4, -0.2) is 48.3 Å². The van der Waals surface area contributed by atoms with Crippen LogP contribution >= 0.6 is 0 Å². The number of carbonyl (C=O) groups is 1. The molecule has 7 nitrogen and oxygen atoms in total. The van der Waals surface area contributed by atoms with Crippen molar-refractivity contribution in [3.63, 3.8) is 0 Å². The molecule has 162 valence electrons. The molecule has 2 rings (SSSR count). The molecule has 1 heterocycles. The van der Waals surface area contributed by atoms with Gasteiger partial charge < -0.3 is 9.88 Å². The number of hydrogen-bond acceptors (Lipinski definition) is 4. The first kappa shape index (κ1) is 23.3. The van der Waals surface area contributed by atoms with Crippen molar-refractivity contribution in [2.45, 2.75) is 76.8 Å². The van der Waals surface area contributed by atoms with Crippen LogP contribution in [0.1, 0.15) is 58.7 Å². The molecule has 0 saturated carbocycles. The minimum atomic E-state index is -3.51. The Labute approximate surface area is 174 Å². The number of nitrogens with zero attached hydrogens (tertiary/aromatic N) is 3. The Morgan fingerprint density at radius 1 is 1.24 bits per heavy atom. The summed E-state index contributed by atoms with van der Waals surface area (Å²) in [5, 5.41) is 3.03. The Morgan fingerprint density at radius 2 is 1.97 bits per heavy atom. The first-order valence-corrected chi connectivity index (χ1v) is 11.9. The van der Waals surface area contributed by atoms with E-state index in [-0.39, 0.29) is 16.8 Å². The average Bonchev–Trinajstić information content (AvgIpc) is 3.01. The van der Waals surface area contributed by atoms with Gasteiger partial charge in [-0.2, -0.15) is 0 Å². The predicted molar refractivity (Wildman–Crippen MR) is 116 cm³/mol. The summed E-state index contributed by atoms with van der Waals surface area (Å²) in [7, 11) is -0.480. The maximum Gasteiger partial charge on any atom is 0.242 e. The number of aromatic nitrogens is 2. The number of rotatable bonds is 11. The summed E-state index contributed by atoms with van der Waals surface area (Å²) in [5.74, 6) is 0.849. The van der Waals surface area contributed by atoms with Crippen LogP contribution in [0.15, 0.2) is 23.1 Å². The second-order valence-electron chi connectivity index (χ2n) is 7.73. The van der Waals surface area contributed by atoms with Gasteiger partial charge in [-0.15, -0.1) is 0 Å². The number of carbonyl (C=O) groups excluding carboxylic acids is 1. The van der Waals surface area contributed by atoms with Gasteiger partial charge in [-0.1, -0.05) is 26.7 Å². The predicted octanol–water partition coefficient (Wildman–Crippen LogP) is 3.32. The monoisotopic (exact) mass is 422 g/mol. The van der Waals surface area contributed by atoms with Gasteiger partial charge in [-0.05, 0) is 38.0 Å². The molecule has 8 heteroatoms. The maximum atomic E-state index is 12.4. The molecule has 0 aliphatic rings. The largest absolute Gasteiger partial charge is 0.354 e. The van der Waals surface area contributed by atoms with E-state index >= 15 is 0 Å². The zero-order valence-corrected chi connectivity index (χ0v) is 19.1. The van der Waals surface area contributed by atoms with E-state index in [1.54, 1.807) is 12.1 Å². The van der Waals surface area contributed by atoms with Crippen LogP contribution in [0.3, 0.4) is 0 Å². The zero-order chi connectivity index (χ0) is 21.6. The molecule has 29 heavy (non-hydrogen) atoms. The SMILES string of the molecule is CCCCn1c(CCC(=O)NC(C)CCC)nc2cc(S(=O)(=O)N(C)C)ccc21. The normalized spacial score (nSPS) is 13.2. The summed E-state index contributed by atoms with van der Waals surface area (Å²) in [4.78, 5) is 17.2. The Balaban J connectivity index is 2.29. The van der Waals surface area contributed by atoms with E-state index in [1.807, 2.05) is 13.0 Å². The standard InChI is InChI=1S/C21H34N4O3S/c1-6-8-14-25-19-11-10-17(29(27,28)24(4)5)15-18(19)23-20(25)12-13-21(26)22-16(3)9-7-2/h10-11,15-16H,6-9,12-14H2,1-5H3,(H,22,26). The molecule has 0 aliphatic carbocycles. The number of benzene rings is 1. The number of fused-ring (bicyclic) bond motifs is 1. The highest BCUT2D eigenvalue weighted by Gasteiger charge is 2.20. The van der Waals surface area contributed by atoms with Crippen molar-refractivity contribution >= 4 is 27.0 Å². The quantitative estimate of drug-likeness (QED) is 0.602. The number of sulfonamides is 1. The Bertz CT molecular complexity index is 935. The maximum absolute atomic E-state index is 12.4. The fraction of sp³-hybridized carbons (Fsp3) is 0.619. The number of aryl methyl sites for hydroxylation is 2. The molecule has 1 N–H and O–H groups in total. The third-order valence-corrected chi connectivity index (χ3v) is 6.83. The molecule has 2 aromatic rings. The number of nitrogens with one attached hydrogen (secondary N) is 1. The first-order chi connectivity index (χ1) is 13.7. The summed E-state index contributed by atoms with van der Waals surface area (Å²) >= 11 is 0. The Hall–Kier alpha value is -1.93. The van der Waals surface area contributed by atoms with Gasteiger partial charge in [0.2, 0.25) is 15.9 Å². The summed E-state index contributed by atoms with van der Waals surface area (Å²) in [5.41, 5.74) is 1.56. The van der Waals surface area contributed by atoms with Crippen LogP contribution in [0, 0.1) is 0 Å². The summed E-state index contributed by atoms with van der Waals surface area (Å²) in [6.45, 7) is 7.05. The van der Waals surface area contributed by atoms with Gasteiger partial charge in [-0.25, -0.2) is 17.7 Å². The number of unbranched alkanes of at least 4 members (excludes halogenated alkanes) is 1. The minimum Gasteiger partial charge on any atom is -0.354 e. The molecule has 0 spiro atoms. The molecule has 1 unspecified atom stereocenters. The van der Waals surface area contributed by atoms with E-state index in [4.69, 9.17) is 0 Å². The van der Waals surface area contributed by atoms with Gasteiger partial charge in [-0.3, -0.25) is 4.79 Å². The van der Waals surface area contributed by atoms with Crippen LogP contribution in [0.2, 0.25) is 0 Å². The van der Waals surface area contributed by atoms with Crippen LogP contribution in [0.4, 0.5) is 0 Å². The summed E-state index contributed by atoms with van der Waals surface area (Å²) in [6, 6.07) is 5.25. The van der Waals surface area contributed by atoms with Gasteiger partial charge in [0.1, 0.15) is 5.82 Å². The van der Waals surface area contributed by atoms with Crippen molar-refractivity contribution in [1.29, 1.82) is 0 Å². The van der Waals surface area contributed by atoms with Crippen molar-refractivity contribution in [3.8, 4) is 0 Å². The van der Waals surface area contributed by atoms with E-state index in [2.05, 4.69) is 28.7 Å². The molecule has 1 amide bonds. The molecule has 1 atom stereocenters. The third kappa shape index (κ3) is 5.79. The van der Waals surface area contributed by atoms with Crippen LogP contribution < -0.4 is 5.32 Å². The van der Waals surface area contributed by atoms with Crippen LogP contribution in [0.25, 0.3) is 11.0 Å². The van der Waals surface area contributed by atoms with E-state index < -0.39 is 10.0 Å². The van der Waals surface area contributed by atoms with Crippen molar-refractivity contribution in [1.82, 2.24) is 19.2 Å². The molecule has 0 radical (unpaired) electrons. The number of amides is 1. The molecule has 0 fully saturated rings. The molecule has 0 bridgehead atoms. The van der Waals surface area contributed by atoms with Crippen molar-refractivity contribution in [3.05, 3.63) is 24.0 Å². The summed E-state index contributed by atoms with van der Waals surface area (Å²) in [6.07, 6.45) is 4.93. The fourth-order valence-electron chi connectivity index (χ4n) is 3.36. The number of hydrogen-bond donors (Lipinski definition) is 1. The van der Waals surface area contributed by atoms with E-state index in [1.165, 1.54) is 18.4 Å². The van der Waals surface area contributed by atoms with E-state index in [0.29, 0.717) is 18.4 Å². The molecule has 1 aromatic carbocycles. The van der Waals surface area contributed by atoms with Gasteiger partial charge >= 0.3 is 0 Å². The third-order valence-electron chi connectivity index (χ3n) is 5.02. The molecule has 0 aliphatic heterocycles. The topological polar surface area (TPSA) is 84.3 Å². The smallest absolute Gasteiger partial charge is 0.242 e. The molecular weight excluding hydrogens is 388 g/mol. The average molecular weight is 423 g/mol. The second kappa shape index (κ2) is 10.2. The first-order valence-electron chi connectivity index (χ1n) is 10.4. The molecular formula is C21H34N4O3S. The highest BCUT2D eigenvalue weighted by molar-refractivity contribution is 7.89. The zero-order valence-electron chi connectivity index (χ0n) is 18.2. The molecule has 0 saturated heterocycles. The van der Waals surface area contributed by atoms with Crippen LogP contribution in [-0.2, 0) is 27.8 Å². The second-order valence-corrected chi connectivity index (χ2v) is 9.88. The Morgan fingerprint density at radius 3 is 2.59 bits per heavy atom. The van der Waals surface area contributed by atoms with Crippen LogP contribution in [0.5, 0.6) is 0 Å².